The summed E-state index contributed by atoms with van der Waals surface area (Å²) in [5.41, 5.74) is 1.52. The third kappa shape index (κ3) is 1.07. The Balaban J connectivity index is 2.51. The van der Waals surface area contributed by atoms with Crippen LogP contribution in [-0.2, 0) is 11.2 Å². The summed E-state index contributed by atoms with van der Waals surface area (Å²) in [4.78, 5) is 14.8. The molecule has 0 atom stereocenters. The molecule has 0 unspecified atom stereocenters. The molecule has 0 aliphatic carbocycles. The van der Waals surface area contributed by atoms with Crippen LogP contribution in [0.2, 0.25) is 5.02 Å². The van der Waals surface area contributed by atoms with Gasteiger partial charge in [-0.2, -0.15) is 0 Å². The van der Waals surface area contributed by atoms with Crippen LogP contribution in [0.15, 0.2) is 12.3 Å². The lowest BCUT2D eigenvalue weighted by atomic mass is 10.3. The quantitative estimate of drug-likeness (QED) is 0.633. The summed E-state index contributed by atoms with van der Waals surface area (Å²) in [6.45, 7) is 0. The normalized spacial score (nSPS) is 14.5. The molecule has 3 nitrogen and oxygen atoms in total. The number of carbonyl (C=O) groups is 1. The maximum atomic E-state index is 10.8. The number of nitrogens with zero attached hydrogens (tertiary/aromatic N) is 1. The van der Waals surface area contributed by atoms with Crippen molar-refractivity contribution in [3.63, 3.8) is 0 Å². The van der Waals surface area contributed by atoms with Gasteiger partial charge in [0.15, 0.2) is 0 Å². The van der Waals surface area contributed by atoms with Gasteiger partial charge in [-0.1, -0.05) is 11.6 Å². The monoisotopic (exact) mass is 168 g/mol. The number of aromatic nitrogens is 1. The summed E-state index contributed by atoms with van der Waals surface area (Å²) in [5, 5.41) is 3.20. The number of halogens is 1. The number of rotatable bonds is 0. The van der Waals surface area contributed by atoms with Crippen molar-refractivity contribution in [2.24, 2.45) is 0 Å². The largest absolute Gasteiger partial charge is 0.324 e. The highest BCUT2D eigenvalue weighted by Crippen LogP contribution is 2.23. The summed E-state index contributed by atoms with van der Waals surface area (Å²) < 4.78 is 0. The molecule has 1 amide bonds. The van der Waals surface area contributed by atoms with Crippen LogP contribution >= 0.6 is 11.6 Å². The SMILES string of the molecule is O=C1Cc2ncc(Cl)cc2N1. The molecule has 0 saturated carbocycles. The molecule has 0 spiro atoms. The van der Waals surface area contributed by atoms with E-state index in [4.69, 9.17) is 11.6 Å². The van der Waals surface area contributed by atoms with E-state index in [2.05, 4.69) is 10.3 Å². The Bertz CT molecular complexity index is 324. The summed E-state index contributed by atoms with van der Waals surface area (Å²) in [5.74, 6) is -0.0187. The van der Waals surface area contributed by atoms with Gasteiger partial charge >= 0.3 is 0 Å². The third-order valence-corrected chi connectivity index (χ3v) is 1.75. The standard InChI is InChI=1S/C7H5ClN2O/c8-4-1-6-5(9-3-4)2-7(11)10-6/h1,3H,2H2,(H,10,11). The molecule has 11 heavy (non-hydrogen) atoms. The van der Waals surface area contributed by atoms with E-state index in [0.29, 0.717) is 11.4 Å². The predicted octanol–water partition coefficient (Wildman–Crippen LogP) is 1.23. The molecule has 2 rings (SSSR count). The van der Waals surface area contributed by atoms with E-state index >= 15 is 0 Å². The molecule has 1 aromatic heterocycles. The first-order valence-corrected chi connectivity index (χ1v) is 3.58. The fraction of sp³-hybridized carbons (Fsp3) is 0.143. The molecule has 1 N–H and O–H groups in total. The lowest BCUT2D eigenvalue weighted by Crippen LogP contribution is -2.03. The highest BCUT2D eigenvalue weighted by atomic mass is 35.5. The van der Waals surface area contributed by atoms with Crippen LogP contribution in [0.3, 0.4) is 0 Å². The summed E-state index contributed by atoms with van der Waals surface area (Å²) in [6, 6.07) is 1.70. The van der Waals surface area contributed by atoms with E-state index in [0.717, 1.165) is 11.4 Å². The molecule has 2 heterocycles. The molecule has 0 aromatic carbocycles. The van der Waals surface area contributed by atoms with Crippen LogP contribution in [0.1, 0.15) is 5.69 Å². The number of hydrogen-bond acceptors (Lipinski definition) is 2. The van der Waals surface area contributed by atoms with E-state index in [9.17, 15) is 4.79 Å². The van der Waals surface area contributed by atoms with E-state index in [-0.39, 0.29) is 5.91 Å². The fourth-order valence-electron chi connectivity index (χ4n) is 1.06. The van der Waals surface area contributed by atoms with Crippen LogP contribution in [0.25, 0.3) is 0 Å². The van der Waals surface area contributed by atoms with Crippen molar-refractivity contribution in [1.82, 2.24) is 4.98 Å². The topological polar surface area (TPSA) is 42.0 Å². The maximum Gasteiger partial charge on any atom is 0.230 e. The lowest BCUT2D eigenvalue weighted by Gasteiger charge is -1.95. The summed E-state index contributed by atoms with van der Waals surface area (Å²) in [6.07, 6.45) is 1.91. The van der Waals surface area contributed by atoms with E-state index in [1.165, 1.54) is 0 Å². The van der Waals surface area contributed by atoms with Gasteiger partial charge in [0.1, 0.15) is 0 Å². The van der Waals surface area contributed by atoms with Crippen molar-refractivity contribution in [3.8, 4) is 0 Å². The van der Waals surface area contributed by atoms with Crippen LogP contribution in [0.5, 0.6) is 0 Å². The minimum absolute atomic E-state index is 0.0187. The Morgan fingerprint density at radius 1 is 1.64 bits per heavy atom. The minimum Gasteiger partial charge on any atom is -0.324 e. The second kappa shape index (κ2) is 2.20. The molecule has 56 valence electrons. The second-order valence-corrected chi connectivity index (χ2v) is 2.81. The Labute approximate surface area is 68.4 Å². The van der Waals surface area contributed by atoms with Crippen molar-refractivity contribution >= 4 is 23.2 Å². The Morgan fingerprint density at radius 2 is 2.45 bits per heavy atom. The molecule has 1 aliphatic heterocycles. The van der Waals surface area contributed by atoms with Gasteiger partial charge in [-0.25, -0.2) is 0 Å². The smallest absolute Gasteiger partial charge is 0.230 e. The number of pyridine rings is 1. The molecule has 0 bridgehead atoms. The van der Waals surface area contributed by atoms with E-state index < -0.39 is 0 Å². The van der Waals surface area contributed by atoms with Crippen LogP contribution < -0.4 is 5.32 Å². The molecule has 0 fully saturated rings. The fourth-order valence-corrected chi connectivity index (χ4v) is 1.22. The summed E-state index contributed by atoms with van der Waals surface area (Å²) >= 11 is 5.66. The maximum absolute atomic E-state index is 10.8. The number of amides is 1. The zero-order valence-corrected chi connectivity index (χ0v) is 6.35. The molecule has 4 heteroatoms. The zero-order chi connectivity index (χ0) is 7.84. The van der Waals surface area contributed by atoms with Crippen molar-refractivity contribution in [2.45, 2.75) is 6.42 Å². The third-order valence-electron chi connectivity index (χ3n) is 1.54. The highest BCUT2D eigenvalue weighted by Gasteiger charge is 2.18. The number of fused-ring (bicyclic) bond motifs is 1. The molecule has 0 saturated heterocycles. The van der Waals surface area contributed by atoms with Gasteiger partial charge in [0.25, 0.3) is 0 Å². The number of carbonyl (C=O) groups excluding carboxylic acids is 1. The first-order chi connectivity index (χ1) is 5.25. The van der Waals surface area contributed by atoms with Gasteiger partial charge in [0, 0.05) is 6.20 Å². The molecule has 0 radical (unpaired) electrons. The van der Waals surface area contributed by atoms with Crippen LogP contribution in [0, 0.1) is 0 Å². The summed E-state index contributed by atoms with van der Waals surface area (Å²) in [7, 11) is 0. The molecular formula is C7H5ClN2O. The molecule has 1 aromatic rings. The van der Waals surface area contributed by atoms with E-state index in [1.54, 1.807) is 12.3 Å². The van der Waals surface area contributed by atoms with Crippen molar-refractivity contribution < 1.29 is 4.79 Å². The van der Waals surface area contributed by atoms with E-state index in [1.807, 2.05) is 0 Å². The van der Waals surface area contributed by atoms with Gasteiger partial charge in [0.2, 0.25) is 5.91 Å². The van der Waals surface area contributed by atoms with Crippen LogP contribution in [0.4, 0.5) is 5.69 Å². The second-order valence-electron chi connectivity index (χ2n) is 2.37. The van der Waals surface area contributed by atoms with Crippen molar-refractivity contribution in [2.75, 3.05) is 5.32 Å². The van der Waals surface area contributed by atoms with Crippen molar-refractivity contribution in [1.29, 1.82) is 0 Å². The number of nitrogens with one attached hydrogen (secondary N) is 1. The van der Waals surface area contributed by atoms with Gasteiger partial charge in [-0.15, -0.1) is 0 Å². The average Bonchev–Trinajstić information content (AvgIpc) is 2.27. The number of anilines is 1. The minimum atomic E-state index is -0.0187. The lowest BCUT2D eigenvalue weighted by molar-refractivity contribution is -0.115. The average molecular weight is 169 g/mol. The molecule has 1 aliphatic rings. The highest BCUT2D eigenvalue weighted by molar-refractivity contribution is 6.30. The first kappa shape index (κ1) is 6.61. The molecular weight excluding hydrogens is 164 g/mol. The van der Waals surface area contributed by atoms with Gasteiger partial charge < -0.3 is 5.32 Å². The van der Waals surface area contributed by atoms with Gasteiger partial charge in [-0.05, 0) is 6.07 Å². The van der Waals surface area contributed by atoms with Gasteiger partial charge in [0.05, 0.1) is 22.8 Å². The Morgan fingerprint density at radius 3 is 3.27 bits per heavy atom. The zero-order valence-electron chi connectivity index (χ0n) is 5.60. The Kier molecular flexibility index (Phi) is 1.32. The predicted molar refractivity (Wildman–Crippen MR) is 41.6 cm³/mol. The number of hydrogen-bond donors (Lipinski definition) is 1. The van der Waals surface area contributed by atoms with Gasteiger partial charge in [-0.3, -0.25) is 9.78 Å². The first-order valence-electron chi connectivity index (χ1n) is 3.20. The van der Waals surface area contributed by atoms with Crippen LogP contribution in [-0.4, -0.2) is 10.9 Å². The van der Waals surface area contributed by atoms with Crippen molar-refractivity contribution in [3.05, 3.63) is 23.0 Å². The Hall–Kier alpha value is -1.09.